The number of aliphatic hydroxyl groups is 1. The highest BCUT2D eigenvalue weighted by Crippen LogP contribution is 2.35. The first kappa shape index (κ1) is 23.3. The largest absolute Gasteiger partial charge is 0.494 e. The molecular weight excluding hydrogens is 451 g/mol. The van der Waals surface area contributed by atoms with E-state index in [0.29, 0.717) is 40.6 Å². The van der Waals surface area contributed by atoms with Crippen molar-refractivity contribution in [2.45, 2.75) is 52.2 Å². The fourth-order valence-electron chi connectivity index (χ4n) is 5.09. The number of aliphatic hydroxyl groups excluding tert-OH is 1. The summed E-state index contributed by atoms with van der Waals surface area (Å²) in [5.74, 6) is 1.11. The maximum absolute atomic E-state index is 14.3. The van der Waals surface area contributed by atoms with Gasteiger partial charge in [0.15, 0.2) is 11.5 Å². The Hall–Kier alpha value is -3.47. The molecule has 5 rings (SSSR count). The molecule has 0 bridgehead atoms. The van der Waals surface area contributed by atoms with Gasteiger partial charge in [0.05, 0.1) is 42.2 Å². The topological polar surface area (TPSA) is 120 Å². The fraction of sp³-hybridized carbons (Fsp3) is 0.500. The van der Waals surface area contributed by atoms with Gasteiger partial charge in [-0.25, -0.2) is 14.4 Å². The smallest absolute Gasteiger partial charge is 0.223 e. The van der Waals surface area contributed by atoms with E-state index in [-0.39, 0.29) is 17.9 Å². The Bertz CT molecular complexity index is 1400. The van der Waals surface area contributed by atoms with Crippen LogP contribution in [-0.4, -0.2) is 60.8 Å². The number of piperidine rings is 1. The molecule has 0 amide bonds. The summed E-state index contributed by atoms with van der Waals surface area (Å²) < 4.78 is 22.9. The third kappa shape index (κ3) is 3.93. The van der Waals surface area contributed by atoms with Crippen LogP contribution in [0, 0.1) is 18.7 Å². The lowest BCUT2D eigenvalue weighted by atomic mass is 9.89. The van der Waals surface area contributed by atoms with E-state index in [2.05, 4.69) is 27.0 Å². The van der Waals surface area contributed by atoms with Crippen molar-refractivity contribution in [3.8, 4) is 5.75 Å². The highest BCUT2D eigenvalue weighted by Gasteiger charge is 2.31. The summed E-state index contributed by atoms with van der Waals surface area (Å²) in [6.45, 7) is 9.55. The normalized spacial score (nSPS) is 20.5. The van der Waals surface area contributed by atoms with Gasteiger partial charge in [0, 0.05) is 25.1 Å². The SMILES string of the molecule is COc1cc(F)cc2c1nc(N)n1nc([C@@H]3C[C@H](C)CN(c4cnn([C@H](C)[C@@H](C)O)c4C)C3)nc21. The maximum Gasteiger partial charge on any atom is 0.223 e. The molecule has 1 fully saturated rings. The minimum absolute atomic E-state index is 0.0421. The third-order valence-electron chi connectivity index (χ3n) is 7.04. The number of nitrogens with zero attached hydrogens (tertiary/aromatic N) is 7. The number of halogens is 1. The molecule has 1 aromatic carbocycles. The lowest BCUT2D eigenvalue weighted by Gasteiger charge is -2.36. The van der Waals surface area contributed by atoms with Crippen molar-refractivity contribution in [2.75, 3.05) is 30.8 Å². The maximum atomic E-state index is 14.3. The van der Waals surface area contributed by atoms with Crippen molar-refractivity contribution >= 4 is 28.2 Å². The number of fused-ring (bicyclic) bond motifs is 3. The monoisotopic (exact) mass is 482 g/mol. The van der Waals surface area contributed by atoms with E-state index >= 15 is 0 Å². The summed E-state index contributed by atoms with van der Waals surface area (Å²) in [6.07, 6.45) is 2.27. The van der Waals surface area contributed by atoms with Crippen molar-refractivity contribution in [3.63, 3.8) is 0 Å². The van der Waals surface area contributed by atoms with Crippen LogP contribution in [0.4, 0.5) is 16.0 Å². The second kappa shape index (κ2) is 8.63. The van der Waals surface area contributed by atoms with Crippen LogP contribution < -0.4 is 15.4 Å². The van der Waals surface area contributed by atoms with Crippen LogP contribution in [0.1, 0.15) is 50.7 Å². The van der Waals surface area contributed by atoms with Crippen molar-refractivity contribution in [3.05, 3.63) is 35.7 Å². The van der Waals surface area contributed by atoms with Gasteiger partial charge < -0.3 is 20.5 Å². The number of aromatic nitrogens is 6. The van der Waals surface area contributed by atoms with Crippen LogP contribution in [0.5, 0.6) is 5.75 Å². The zero-order chi connectivity index (χ0) is 25.0. The Kier molecular flexibility index (Phi) is 5.74. The van der Waals surface area contributed by atoms with Gasteiger partial charge in [0.2, 0.25) is 5.95 Å². The molecule has 1 saturated heterocycles. The summed E-state index contributed by atoms with van der Waals surface area (Å²) >= 11 is 0. The number of ether oxygens (including phenoxy) is 1. The fourth-order valence-corrected chi connectivity index (χ4v) is 5.09. The van der Waals surface area contributed by atoms with Crippen LogP contribution in [-0.2, 0) is 0 Å². The van der Waals surface area contributed by atoms with Crippen LogP contribution in [0.15, 0.2) is 18.3 Å². The Morgan fingerprint density at radius 1 is 1.23 bits per heavy atom. The van der Waals surface area contributed by atoms with E-state index in [1.165, 1.54) is 23.8 Å². The Balaban J connectivity index is 1.53. The number of nitrogens with two attached hydrogens (primary N) is 1. The molecule has 0 radical (unpaired) electrons. The molecule has 0 spiro atoms. The van der Waals surface area contributed by atoms with Crippen molar-refractivity contribution in [2.24, 2.45) is 5.92 Å². The first-order chi connectivity index (χ1) is 16.7. The van der Waals surface area contributed by atoms with E-state index in [9.17, 15) is 9.50 Å². The summed E-state index contributed by atoms with van der Waals surface area (Å²) in [5, 5.41) is 19.8. The quantitative estimate of drug-likeness (QED) is 0.445. The highest BCUT2D eigenvalue weighted by atomic mass is 19.1. The average Bonchev–Trinajstić information content (AvgIpc) is 3.43. The summed E-state index contributed by atoms with van der Waals surface area (Å²) in [7, 11) is 1.47. The summed E-state index contributed by atoms with van der Waals surface area (Å²) in [6, 6.07) is 2.54. The van der Waals surface area contributed by atoms with Gasteiger partial charge >= 0.3 is 0 Å². The number of hydrogen-bond acceptors (Lipinski definition) is 8. The third-order valence-corrected chi connectivity index (χ3v) is 7.04. The van der Waals surface area contributed by atoms with Crippen LogP contribution in [0.25, 0.3) is 16.6 Å². The first-order valence-corrected chi connectivity index (χ1v) is 11.8. The van der Waals surface area contributed by atoms with Gasteiger partial charge in [-0.15, -0.1) is 5.10 Å². The molecule has 3 N–H and O–H groups in total. The molecule has 0 aliphatic carbocycles. The molecular formula is C24H31FN8O2. The van der Waals surface area contributed by atoms with Crippen molar-refractivity contribution in [1.82, 2.24) is 29.4 Å². The average molecular weight is 483 g/mol. The predicted octanol–water partition coefficient (Wildman–Crippen LogP) is 3.08. The van der Waals surface area contributed by atoms with E-state index in [4.69, 9.17) is 15.5 Å². The zero-order valence-corrected chi connectivity index (χ0v) is 20.6. The molecule has 0 saturated carbocycles. The van der Waals surface area contributed by atoms with Crippen LogP contribution in [0.3, 0.4) is 0 Å². The van der Waals surface area contributed by atoms with Gasteiger partial charge in [0.1, 0.15) is 17.1 Å². The minimum Gasteiger partial charge on any atom is -0.494 e. The lowest BCUT2D eigenvalue weighted by Crippen LogP contribution is -2.39. The Morgan fingerprint density at radius 2 is 2.00 bits per heavy atom. The van der Waals surface area contributed by atoms with Crippen molar-refractivity contribution in [1.29, 1.82) is 0 Å². The van der Waals surface area contributed by atoms with E-state index in [1.54, 1.807) is 6.92 Å². The van der Waals surface area contributed by atoms with Gasteiger partial charge in [-0.3, -0.25) is 4.68 Å². The Labute approximate surface area is 202 Å². The molecule has 1 aliphatic heterocycles. The second-order valence-electron chi connectivity index (χ2n) is 9.66. The molecule has 3 aromatic heterocycles. The number of nitrogen functional groups attached to an aromatic ring is 1. The van der Waals surface area contributed by atoms with E-state index < -0.39 is 11.9 Å². The minimum atomic E-state index is -0.506. The van der Waals surface area contributed by atoms with Crippen molar-refractivity contribution < 1.29 is 14.2 Å². The highest BCUT2D eigenvalue weighted by molar-refractivity contribution is 5.95. The standard InChI is InChI=1S/C24H31FN8O2/c1-12-6-16(11-31(10-12)19-9-27-32(14(19)3)13(2)15(4)34)22-29-23-18-7-17(25)8-20(35-5)21(18)28-24(26)33(23)30-22/h7-9,12-13,15-16,34H,6,10-11H2,1-5H3,(H2,26,28)/t12-,13+,15+,16+/m0/s1. The number of rotatable bonds is 5. The molecule has 0 unspecified atom stereocenters. The van der Waals surface area contributed by atoms with Gasteiger partial charge in [0.25, 0.3) is 0 Å². The molecule has 4 heterocycles. The first-order valence-electron chi connectivity index (χ1n) is 11.8. The molecule has 4 aromatic rings. The van der Waals surface area contributed by atoms with Gasteiger partial charge in [-0.05, 0) is 39.2 Å². The molecule has 11 heteroatoms. The summed E-state index contributed by atoms with van der Waals surface area (Å²) in [4.78, 5) is 11.5. The molecule has 186 valence electrons. The lowest BCUT2D eigenvalue weighted by molar-refractivity contribution is 0.131. The van der Waals surface area contributed by atoms with Crippen LogP contribution in [0.2, 0.25) is 0 Å². The zero-order valence-electron chi connectivity index (χ0n) is 20.6. The number of benzene rings is 1. The van der Waals surface area contributed by atoms with E-state index in [1.807, 2.05) is 24.7 Å². The number of anilines is 2. The van der Waals surface area contributed by atoms with Gasteiger partial charge in [-0.2, -0.15) is 9.61 Å². The predicted molar refractivity (Wildman–Crippen MR) is 131 cm³/mol. The number of methoxy groups -OCH3 is 1. The summed E-state index contributed by atoms with van der Waals surface area (Å²) in [5.41, 5.74) is 9.16. The molecule has 1 aliphatic rings. The van der Waals surface area contributed by atoms with Gasteiger partial charge in [-0.1, -0.05) is 6.92 Å². The molecule has 10 nitrogen and oxygen atoms in total. The number of hydrogen-bond donors (Lipinski definition) is 2. The van der Waals surface area contributed by atoms with E-state index in [0.717, 1.165) is 24.3 Å². The molecule has 4 atom stereocenters. The second-order valence-corrected chi connectivity index (χ2v) is 9.66. The Morgan fingerprint density at radius 3 is 2.71 bits per heavy atom. The van der Waals surface area contributed by atoms with Crippen LogP contribution >= 0.6 is 0 Å². The molecule has 35 heavy (non-hydrogen) atoms.